The van der Waals surface area contributed by atoms with Gasteiger partial charge in [0, 0.05) is 20.8 Å². The third-order valence-electron chi connectivity index (χ3n) is 4.25. The molecule has 174 valence electrons. The Labute approximate surface area is 176 Å². The van der Waals surface area contributed by atoms with Crippen LogP contribution in [0.1, 0.15) is 32.8 Å². The minimum Gasteiger partial charge on any atom is -0.463 e. The smallest absolute Gasteiger partial charge is 0.451 e. The summed E-state index contributed by atoms with van der Waals surface area (Å²) in [4.78, 5) is 44.2. The van der Waals surface area contributed by atoms with Crippen LogP contribution in [0.3, 0.4) is 0 Å². The lowest BCUT2D eigenvalue weighted by Gasteiger charge is -2.23. The second-order valence-electron chi connectivity index (χ2n) is 6.68. The van der Waals surface area contributed by atoms with Gasteiger partial charge in [0.15, 0.2) is 29.6 Å². The Morgan fingerprint density at radius 3 is 2.25 bits per heavy atom. The van der Waals surface area contributed by atoms with E-state index >= 15 is 0 Å². The first-order chi connectivity index (χ1) is 14.9. The number of hydrogen-bond acceptors (Lipinski definition) is 10. The van der Waals surface area contributed by atoms with E-state index in [9.17, 15) is 31.9 Å². The molecule has 3 rings (SSSR count). The van der Waals surface area contributed by atoms with Crippen LogP contribution in [-0.2, 0) is 39.5 Å². The highest BCUT2D eigenvalue weighted by Crippen LogP contribution is 2.36. The maximum atomic E-state index is 14.1. The topological polar surface area (TPSA) is 132 Å². The summed E-state index contributed by atoms with van der Waals surface area (Å²) in [7, 11) is 0. The Hall–Kier alpha value is -3.36. The molecule has 1 aliphatic rings. The van der Waals surface area contributed by atoms with Gasteiger partial charge in [-0.3, -0.25) is 19.0 Å². The fraction of sp³-hybridized carbons (Fsp3) is 0.529. The van der Waals surface area contributed by atoms with Gasteiger partial charge >= 0.3 is 24.1 Å². The molecular formula is C17H16F4N4O7. The molecule has 0 aliphatic carbocycles. The van der Waals surface area contributed by atoms with E-state index in [2.05, 4.69) is 15.0 Å². The lowest BCUT2D eigenvalue weighted by Crippen LogP contribution is -2.40. The molecule has 11 nitrogen and oxygen atoms in total. The number of nitrogens with zero attached hydrogens (tertiary/aromatic N) is 4. The van der Waals surface area contributed by atoms with Crippen molar-refractivity contribution in [1.29, 1.82) is 0 Å². The normalized spacial score (nSPS) is 23.2. The lowest BCUT2D eigenvalue weighted by atomic mass is 10.1. The van der Waals surface area contributed by atoms with Crippen molar-refractivity contribution in [3.8, 4) is 0 Å². The van der Waals surface area contributed by atoms with Gasteiger partial charge in [0.05, 0.1) is 6.33 Å². The van der Waals surface area contributed by atoms with Crippen molar-refractivity contribution in [2.24, 2.45) is 0 Å². The van der Waals surface area contributed by atoms with Crippen LogP contribution < -0.4 is 0 Å². The van der Waals surface area contributed by atoms with E-state index in [1.165, 1.54) is 0 Å². The van der Waals surface area contributed by atoms with Gasteiger partial charge in [0.2, 0.25) is 11.8 Å². The fourth-order valence-electron chi connectivity index (χ4n) is 3.11. The summed E-state index contributed by atoms with van der Waals surface area (Å²) in [5.74, 6) is -5.63. The van der Waals surface area contributed by atoms with Crippen molar-refractivity contribution in [3.05, 3.63) is 18.1 Å². The van der Waals surface area contributed by atoms with E-state index in [1.807, 2.05) is 0 Å². The molecule has 1 saturated heterocycles. The van der Waals surface area contributed by atoms with E-state index < -0.39 is 78.2 Å². The van der Waals surface area contributed by atoms with Gasteiger partial charge in [-0.05, 0) is 0 Å². The first kappa shape index (κ1) is 23.3. The van der Waals surface area contributed by atoms with Gasteiger partial charge in [-0.2, -0.15) is 22.5 Å². The standard InChI is InChI=1S/C17H16F4N4O7/c1-6(26)29-4-9-11(30-7(2)27)12(31-8(3)28)15(32-9)25-5-22-10-13(18)23-16(17(19,20)21)24-14(10)25/h5,9,11-12,15H,4H2,1-3H3. The van der Waals surface area contributed by atoms with Crippen molar-refractivity contribution in [3.63, 3.8) is 0 Å². The van der Waals surface area contributed by atoms with E-state index in [0.29, 0.717) is 0 Å². The van der Waals surface area contributed by atoms with E-state index in [-0.39, 0.29) is 0 Å². The highest BCUT2D eigenvalue weighted by Gasteiger charge is 2.51. The van der Waals surface area contributed by atoms with Crippen LogP contribution in [0.2, 0.25) is 0 Å². The van der Waals surface area contributed by atoms with Gasteiger partial charge < -0.3 is 18.9 Å². The van der Waals surface area contributed by atoms with Gasteiger partial charge in [0.1, 0.15) is 12.7 Å². The molecule has 0 N–H and O–H groups in total. The second kappa shape index (κ2) is 8.64. The van der Waals surface area contributed by atoms with Gasteiger partial charge in [-0.1, -0.05) is 0 Å². The molecule has 4 atom stereocenters. The van der Waals surface area contributed by atoms with Crippen LogP contribution in [-0.4, -0.2) is 62.3 Å². The van der Waals surface area contributed by atoms with Crippen LogP contribution in [0, 0.1) is 5.95 Å². The third-order valence-corrected chi connectivity index (χ3v) is 4.25. The molecule has 0 amide bonds. The maximum Gasteiger partial charge on any atom is 0.451 e. The molecular weight excluding hydrogens is 448 g/mol. The lowest BCUT2D eigenvalue weighted by molar-refractivity contribution is -0.166. The van der Waals surface area contributed by atoms with E-state index in [1.54, 1.807) is 0 Å². The number of carbonyl (C=O) groups excluding carboxylic acids is 3. The number of alkyl halides is 3. The molecule has 0 spiro atoms. The second-order valence-corrected chi connectivity index (χ2v) is 6.68. The van der Waals surface area contributed by atoms with Crippen LogP contribution in [0.4, 0.5) is 17.6 Å². The largest absolute Gasteiger partial charge is 0.463 e. The Bertz CT molecular complexity index is 1060. The van der Waals surface area contributed by atoms with Gasteiger partial charge in [-0.15, -0.1) is 0 Å². The van der Waals surface area contributed by atoms with Crippen molar-refractivity contribution < 1.29 is 50.9 Å². The van der Waals surface area contributed by atoms with E-state index in [0.717, 1.165) is 31.7 Å². The average molecular weight is 464 g/mol. The molecule has 0 bridgehead atoms. The number of hydrogen-bond donors (Lipinski definition) is 0. The third kappa shape index (κ3) is 4.76. The molecule has 0 radical (unpaired) electrons. The van der Waals surface area contributed by atoms with Crippen molar-refractivity contribution >= 4 is 29.1 Å². The first-order valence-electron chi connectivity index (χ1n) is 8.99. The van der Waals surface area contributed by atoms with Crippen molar-refractivity contribution in [2.75, 3.05) is 6.61 Å². The summed E-state index contributed by atoms with van der Waals surface area (Å²) < 4.78 is 75.1. The molecule has 2 aromatic heterocycles. The fourth-order valence-corrected chi connectivity index (χ4v) is 3.11. The molecule has 1 fully saturated rings. The summed E-state index contributed by atoms with van der Waals surface area (Å²) >= 11 is 0. The number of halogens is 4. The minimum atomic E-state index is -5.06. The predicted molar refractivity (Wildman–Crippen MR) is 91.9 cm³/mol. The maximum absolute atomic E-state index is 14.1. The summed E-state index contributed by atoms with van der Waals surface area (Å²) in [5, 5.41) is 0. The SMILES string of the molecule is CC(=O)OCC1OC(n2cnc3c(F)nc(C(F)(F)F)nc32)C(OC(C)=O)C1OC(C)=O. The monoisotopic (exact) mass is 464 g/mol. The average Bonchev–Trinajstić information content (AvgIpc) is 3.21. The predicted octanol–water partition coefficient (Wildman–Crippen LogP) is 1.31. The number of imidazole rings is 1. The number of rotatable bonds is 5. The molecule has 15 heteroatoms. The Kier molecular flexibility index (Phi) is 6.29. The van der Waals surface area contributed by atoms with Gasteiger partial charge in [0.25, 0.3) is 0 Å². The van der Waals surface area contributed by atoms with Gasteiger partial charge in [-0.25, -0.2) is 9.97 Å². The molecule has 2 aromatic rings. The highest BCUT2D eigenvalue weighted by atomic mass is 19.4. The minimum absolute atomic E-state index is 0.439. The van der Waals surface area contributed by atoms with Crippen molar-refractivity contribution in [2.45, 2.75) is 51.5 Å². The number of aromatic nitrogens is 4. The Morgan fingerprint density at radius 2 is 1.69 bits per heavy atom. The number of fused-ring (bicyclic) bond motifs is 1. The zero-order chi connectivity index (χ0) is 23.8. The molecule has 0 saturated carbocycles. The molecule has 3 heterocycles. The quantitative estimate of drug-likeness (QED) is 0.276. The molecule has 32 heavy (non-hydrogen) atoms. The summed E-state index contributed by atoms with van der Waals surface area (Å²) in [6.07, 6.45) is -9.52. The summed E-state index contributed by atoms with van der Waals surface area (Å²) in [6, 6.07) is 0. The van der Waals surface area contributed by atoms with Crippen molar-refractivity contribution in [1.82, 2.24) is 19.5 Å². The molecule has 1 aliphatic heterocycles. The highest BCUT2D eigenvalue weighted by molar-refractivity contribution is 5.71. The van der Waals surface area contributed by atoms with Crippen LogP contribution >= 0.6 is 0 Å². The van der Waals surface area contributed by atoms with Crippen LogP contribution in [0.25, 0.3) is 11.2 Å². The number of ether oxygens (including phenoxy) is 4. The number of esters is 3. The summed E-state index contributed by atoms with van der Waals surface area (Å²) in [5.41, 5.74) is -1.21. The molecule has 0 aromatic carbocycles. The molecule has 4 unspecified atom stereocenters. The van der Waals surface area contributed by atoms with Crippen LogP contribution in [0.15, 0.2) is 6.33 Å². The Morgan fingerprint density at radius 1 is 1.06 bits per heavy atom. The van der Waals surface area contributed by atoms with Crippen LogP contribution in [0.5, 0.6) is 0 Å². The Balaban J connectivity index is 2.09. The van der Waals surface area contributed by atoms with E-state index in [4.69, 9.17) is 18.9 Å². The number of carbonyl (C=O) groups is 3. The summed E-state index contributed by atoms with van der Waals surface area (Å²) in [6.45, 7) is 2.77. The zero-order valence-corrected chi connectivity index (χ0v) is 16.8. The first-order valence-corrected chi connectivity index (χ1v) is 8.99. The zero-order valence-electron chi connectivity index (χ0n) is 16.8.